The average molecular weight is 615 g/mol. The summed E-state index contributed by atoms with van der Waals surface area (Å²) in [5, 5.41) is 12.9. The normalized spacial score (nSPS) is 10.6. The van der Waals surface area contributed by atoms with Gasteiger partial charge in [0.2, 0.25) is 0 Å². The first-order valence-corrected chi connectivity index (χ1v) is 14.7. The molecule has 228 valence electrons. The van der Waals surface area contributed by atoms with Gasteiger partial charge >= 0.3 is 5.97 Å². The van der Waals surface area contributed by atoms with Crippen molar-refractivity contribution in [2.75, 3.05) is 26.8 Å². The highest BCUT2D eigenvalue weighted by atomic mass is 35.5. The number of carboxylic acid groups (broad SMARTS) is 1. The van der Waals surface area contributed by atoms with Crippen molar-refractivity contribution in [3.8, 4) is 22.6 Å². The summed E-state index contributed by atoms with van der Waals surface area (Å²) in [5.41, 5.74) is 3.72. The number of halogens is 1. The molecule has 0 spiro atoms. The Morgan fingerprint density at radius 2 is 1.52 bits per heavy atom. The third-order valence-electron chi connectivity index (χ3n) is 7.04. The largest absolute Gasteiger partial charge is 0.493 e. The van der Waals surface area contributed by atoms with Gasteiger partial charge in [0.05, 0.1) is 20.1 Å². The van der Waals surface area contributed by atoms with Gasteiger partial charge in [-0.05, 0) is 72.0 Å². The predicted molar refractivity (Wildman–Crippen MR) is 171 cm³/mol. The van der Waals surface area contributed by atoms with Crippen LogP contribution >= 0.6 is 11.6 Å². The lowest BCUT2D eigenvalue weighted by Crippen LogP contribution is -2.35. The molecule has 0 fully saturated rings. The zero-order valence-electron chi connectivity index (χ0n) is 24.7. The van der Waals surface area contributed by atoms with E-state index in [-0.39, 0.29) is 37.9 Å². The summed E-state index contributed by atoms with van der Waals surface area (Å²) in [6.45, 7) is 2.98. The Kier molecular flexibility index (Phi) is 11.4. The lowest BCUT2D eigenvalue weighted by atomic mass is 9.94. The van der Waals surface area contributed by atoms with Crippen LogP contribution in [0, 0.1) is 0 Å². The third kappa shape index (κ3) is 8.39. The zero-order chi connectivity index (χ0) is 31.5. The first-order valence-electron chi connectivity index (χ1n) is 14.3. The van der Waals surface area contributed by atoms with Crippen molar-refractivity contribution in [2.45, 2.75) is 26.3 Å². The number of methoxy groups -OCH3 is 1. The van der Waals surface area contributed by atoms with Gasteiger partial charge in [-0.15, -0.1) is 0 Å². The monoisotopic (exact) mass is 614 g/mol. The Bertz CT molecular complexity index is 1620. The van der Waals surface area contributed by atoms with Gasteiger partial charge in [0.15, 0.2) is 11.5 Å². The number of benzene rings is 4. The van der Waals surface area contributed by atoms with Crippen molar-refractivity contribution in [3.63, 3.8) is 0 Å². The maximum absolute atomic E-state index is 14.0. The molecule has 0 atom stereocenters. The van der Waals surface area contributed by atoms with E-state index in [9.17, 15) is 19.5 Å². The molecule has 4 aromatic carbocycles. The third-order valence-corrected chi connectivity index (χ3v) is 7.28. The zero-order valence-corrected chi connectivity index (χ0v) is 25.5. The summed E-state index contributed by atoms with van der Waals surface area (Å²) in [5.74, 6) is -0.408. The summed E-state index contributed by atoms with van der Waals surface area (Å²) < 4.78 is 11.1. The van der Waals surface area contributed by atoms with Crippen LogP contribution in [0.25, 0.3) is 11.1 Å². The number of carbonyl (C=O) groups is 3. The molecule has 2 amide bonds. The minimum absolute atomic E-state index is 0.0262. The minimum Gasteiger partial charge on any atom is -0.493 e. The van der Waals surface area contributed by atoms with Gasteiger partial charge in [0.25, 0.3) is 11.8 Å². The molecule has 0 aromatic heterocycles. The number of hydrogen-bond donors (Lipinski definition) is 2. The Labute approximate surface area is 262 Å². The van der Waals surface area contributed by atoms with Crippen LogP contribution in [0.1, 0.15) is 45.2 Å². The van der Waals surface area contributed by atoms with Gasteiger partial charge in [0.1, 0.15) is 0 Å². The summed E-state index contributed by atoms with van der Waals surface area (Å²) in [6.07, 6.45) is 0.266. The summed E-state index contributed by atoms with van der Waals surface area (Å²) in [6, 6.07) is 27.0. The summed E-state index contributed by atoms with van der Waals surface area (Å²) in [7, 11) is 1.57. The number of ether oxygens (including phenoxy) is 2. The van der Waals surface area contributed by atoms with Gasteiger partial charge in [0, 0.05) is 35.8 Å². The molecule has 44 heavy (non-hydrogen) atoms. The molecule has 0 radical (unpaired) electrons. The topological polar surface area (TPSA) is 105 Å². The Morgan fingerprint density at radius 1 is 0.818 bits per heavy atom. The summed E-state index contributed by atoms with van der Waals surface area (Å²) >= 11 is 6.09. The van der Waals surface area contributed by atoms with Crippen molar-refractivity contribution in [1.82, 2.24) is 10.2 Å². The van der Waals surface area contributed by atoms with Gasteiger partial charge in [-0.2, -0.15) is 0 Å². The molecule has 9 heteroatoms. The van der Waals surface area contributed by atoms with E-state index in [1.165, 1.54) is 4.90 Å². The quantitative estimate of drug-likeness (QED) is 0.168. The number of carbonyl (C=O) groups excluding carboxylic acids is 2. The molecule has 0 aliphatic rings. The van der Waals surface area contributed by atoms with Crippen LogP contribution in [-0.2, 0) is 17.8 Å². The first-order chi connectivity index (χ1) is 21.3. The molecule has 4 rings (SSSR count). The predicted octanol–water partition coefficient (Wildman–Crippen LogP) is 6.50. The molecule has 0 aliphatic heterocycles. The number of rotatable bonds is 14. The van der Waals surface area contributed by atoms with Crippen molar-refractivity contribution >= 4 is 29.4 Å². The van der Waals surface area contributed by atoms with E-state index in [1.807, 2.05) is 43.3 Å². The second-order valence-electron chi connectivity index (χ2n) is 10.0. The standard InChI is InChI=1S/C35H35ClN2O6/c1-3-44-31-16-15-24(22-32(31)43-2)17-19-38(20-18-33(39)40)35(42)30-14-7-5-12-28(30)27-11-4-6-13-29(27)34(41)37-23-25-9-8-10-26(36)21-25/h4-16,21-22H,3,17-20,23H2,1-2H3,(H,37,41)(H,39,40). The number of nitrogens with one attached hydrogen (secondary N) is 1. The number of aliphatic carboxylic acids is 1. The van der Waals surface area contributed by atoms with Gasteiger partial charge < -0.3 is 24.8 Å². The number of nitrogens with zero attached hydrogens (tertiary/aromatic N) is 1. The second-order valence-corrected chi connectivity index (χ2v) is 10.4. The van der Waals surface area contributed by atoms with E-state index in [1.54, 1.807) is 61.7 Å². The van der Waals surface area contributed by atoms with Gasteiger partial charge in [-0.3, -0.25) is 14.4 Å². The van der Waals surface area contributed by atoms with Crippen LogP contribution in [0.4, 0.5) is 0 Å². The number of hydrogen-bond acceptors (Lipinski definition) is 5. The van der Waals surface area contributed by atoms with E-state index < -0.39 is 5.97 Å². The molecule has 8 nitrogen and oxygen atoms in total. The molecule has 0 saturated carbocycles. The molecule has 0 saturated heterocycles. The van der Waals surface area contributed by atoms with Gasteiger partial charge in [-0.25, -0.2) is 0 Å². The van der Waals surface area contributed by atoms with Crippen molar-refractivity contribution in [2.24, 2.45) is 0 Å². The molecular weight excluding hydrogens is 580 g/mol. The minimum atomic E-state index is -0.999. The smallest absolute Gasteiger partial charge is 0.305 e. The molecule has 0 aliphatic carbocycles. The Balaban J connectivity index is 1.59. The van der Waals surface area contributed by atoms with E-state index in [0.29, 0.717) is 51.8 Å². The van der Waals surface area contributed by atoms with Crippen molar-refractivity contribution in [3.05, 3.63) is 118 Å². The first kappa shape index (κ1) is 32.1. The van der Waals surface area contributed by atoms with E-state index in [0.717, 1.165) is 11.1 Å². The highest BCUT2D eigenvalue weighted by Gasteiger charge is 2.23. The SMILES string of the molecule is CCOc1ccc(CCN(CCC(=O)O)C(=O)c2ccccc2-c2ccccc2C(=O)NCc2cccc(Cl)c2)cc1OC. The fourth-order valence-electron chi connectivity index (χ4n) is 4.87. The summed E-state index contributed by atoms with van der Waals surface area (Å²) in [4.78, 5) is 40.4. The lowest BCUT2D eigenvalue weighted by molar-refractivity contribution is -0.137. The van der Waals surface area contributed by atoms with Crippen molar-refractivity contribution in [1.29, 1.82) is 0 Å². The maximum atomic E-state index is 14.0. The molecule has 4 aromatic rings. The highest BCUT2D eigenvalue weighted by Crippen LogP contribution is 2.30. The fraction of sp³-hybridized carbons (Fsp3) is 0.229. The maximum Gasteiger partial charge on any atom is 0.305 e. The molecular formula is C35H35ClN2O6. The van der Waals surface area contributed by atoms with E-state index in [4.69, 9.17) is 21.1 Å². The Morgan fingerprint density at radius 3 is 2.20 bits per heavy atom. The Hall–Kier alpha value is -4.82. The lowest BCUT2D eigenvalue weighted by Gasteiger charge is -2.24. The molecule has 0 bridgehead atoms. The molecule has 0 unspecified atom stereocenters. The van der Waals surface area contributed by atoms with Crippen LogP contribution < -0.4 is 14.8 Å². The number of amides is 2. The van der Waals surface area contributed by atoms with Crippen molar-refractivity contribution < 1.29 is 29.0 Å². The highest BCUT2D eigenvalue weighted by molar-refractivity contribution is 6.30. The average Bonchev–Trinajstić information content (AvgIpc) is 3.04. The van der Waals surface area contributed by atoms with Crippen LogP contribution in [-0.4, -0.2) is 54.6 Å². The van der Waals surface area contributed by atoms with E-state index in [2.05, 4.69) is 5.32 Å². The fourth-order valence-corrected chi connectivity index (χ4v) is 5.08. The van der Waals surface area contributed by atoms with Crippen LogP contribution in [0.3, 0.4) is 0 Å². The van der Waals surface area contributed by atoms with Crippen LogP contribution in [0.5, 0.6) is 11.5 Å². The van der Waals surface area contributed by atoms with Crippen LogP contribution in [0.15, 0.2) is 91.0 Å². The van der Waals surface area contributed by atoms with Crippen LogP contribution in [0.2, 0.25) is 5.02 Å². The number of carboxylic acids is 1. The van der Waals surface area contributed by atoms with E-state index >= 15 is 0 Å². The molecule has 2 N–H and O–H groups in total. The van der Waals surface area contributed by atoms with Gasteiger partial charge in [-0.1, -0.05) is 66.2 Å². The second kappa shape index (κ2) is 15.6. The molecule has 0 heterocycles.